The van der Waals surface area contributed by atoms with E-state index in [1.54, 1.807) is 48.5 Å². The molecule has 0 heterocycles. The zero-order chi connectivity index (χ0) is 16.1. The molecule has 0 spiro atoms. The summed E-state index contributed by atoms with van der Waals surface area (Å²) in [5, 5.41) is 1.05. The van der Waals surface area contributed by atoms with E-state index in [1.807, 2.05) is 0 Å². The van der Waals surface area contributed by atoms with Gasteiger partial charge in [0, 0.05) is 32.0 Å². The van der Waals surface area contributed by atoms with Crippen LogP contribution < -0.4 is 0 Å². The van der Waals surface area contributed by atoms with Crippen LogP contribution in [0.1, 0.15) is 20.7 Å². The first kappa shape index (κ1) is 16.9. The van der Waals surface area contributed by atoms with Gasteiger partial charge in [-0.05, 0) is 48.5 Å². The van der Waals surface area contributed by atoms with E-state index in [1.165, 1.54) is 0 Å². The summed E-state index contributed by atoms with van der Waals surface area (Å²) >= 11 is 11.5. The average Bonchev–Trinajstić information content (AvgIpc) is 2.48. The van der Waals surface area contributed by atoms with Crippen LogP contribution in [-0.4, -0.2) is 27.3 Å². The summed E-state index contributed by atoms with van der Waals surface area (Å²) in [5.74, 6) is -0.945. The molecule has 0 atom stereocenters. The summed E-state index contributed by atoms with van der Waals surface area (Å²) in [4.78, 5) is 23.9. The van der Waals surface area contributed by atoms with Gasteiger partial charge in [0.2, 0.25) is 0 Å². The van der Waals surface area contributed by atoms with Gasteiger partial charge in [0.15, 0.2) is 11.6 Å². The zero-order valence-corrected chi connectivity index (χ0v) is 13.8. The van der Waals surface area contributed by atoms with E-state index in [4.69, 9.17) is 23.2 Å². The topological polar surface area (TPSA) is 51.2 Å². The van der Waals surface area contributed by atoms with Crippen molar-refractivity contribution in [3.8, 4) is 0 Å². The van der Waals surface area contributed by atoms with E-state index >= 15 is 0 Å². The van der Waals surface area contributed by atoms with Crippen LogP contribution in [0.4, 0.5) is 0 Å². The largest absolute Gasteiger partial charge is 0.293 e. The Bertz CT molecular complexity index is 648. The minimum atomic E-state index is -1.56. The summed E-state index contributed by atoms with van der Waals surface area (Å²) in [5.41, 5.74) is 0.855. The highest BCUT2D eigenvalue weighted by Crippen LogP contribution is 2.12. The molecular weight excluding hydrogens is 343 g/mol. The van der Waals surface area contributed by atoms with Crippen LogP contribution in [0, 0.1) is 0 Å². The van der Waals surface area contributed by atoms with E-state index in [0.717, 1.165) is 0 Å². The van der Waals surface area contributed by atoms with Crippen molar-refractivity contribution < 1.29 is 13.8 Å². The molecule has 0 aromatic heterocycles. The zero-order valence-electron chi connectivity index (χ0n) is 11.4. The van der Waals surface area contributed by atoms with Gasteiger partial charge in [0.25, 0.3) is 0 Å². The van der Waals surface area contributed by atoms with E-state index in [2.05, 4.69) is 0 Å². The quantitative estimate of drug-likeness (QED) is 0.741. The Labute approximate surface area is 140 Å². The highest BCUT2D eigenvalue weighted by atomic mass is 35.5. The maximum Gasteiger partial charge on any atom is 0.175 e. The minimum absolute atomic E-state index is 0.193. The Morgan fingerprint density at radius 1 is 0.727 bits per heavy atom. The Morgan fingerprint density at radius 3 is 1.36 bits per heavy atom. The molecular formula is C16H12Cl2O3S. The number of benzene rings is 2. The van der Waals surface area contributed by atoms with Crippen molar-refractivity contribution in [3.63, 3.8) is 0 Å². The van der Waals surface area contributed by atoms with Crippen molar-refractivity contribution in [2.45, 2.75) is 0 Å². The molecule has 0 fully saturated rings. The summed E-state index contributed by atoms with van der Waals surface area (Å²) in [6, 6.07) is 12.7. The fourth-order valence-electron chi connectivity index (χ4n) is 1.78. The Kier molecular flexibility index (Phi) is 5.89. The molecule has 0 N–H and O–H groups in total. The number of hydrogen-bond donors (Lipinski definition) is 0. The Morgan fingerprint density at radius 2 is 1.05 bits per heavy atom. The number of halogens is 2. The van der Waals surface area contributed by atoms with Gasteiger partial charge < -0.3 is 0 Å². The number of ketones is 2. The maximum absolute atomic E-state index is 12.0. The standard InChI is InChI=1S/C16H12Cl2O3S/c17-13-5-1-11(2-6-13)15(19)9-22(21)10-16(20)12-3-7-14(18)8-4-12/h1-8H,9-10H2. The van der Waals surface area contributed by atoms with E-state index in [0.29, 0.717) is 21.2 Å². The normalized spacial score (nSPS) is 10.7. The average molecular weight is 355 g/mol. The highest BCUT2D eigenvalue weighted by molar-refractivity contribution is 7.86. The van der Waals surface area contributed by atoms with Crippen LogP contribution >= 0.6 is 23.2 Å². The summed E-state index contributed by atoms with van der Waals surface area (Å²) < 4.78 is 12.0. The molecule has 0 aliphatic heterocycles. The second-order valence-corrected chi connectivity index (χ2v) is 6.92. The van der Waals surface area contributed by atoms with Crippen LogP contribution in [0.25, 0.3) is 0 Å². The molecule has 2 aromatic rings. The molecule has 0 radical (unpaired) electrons. The van der Waals surface area contributed by atoms with Crippen LogP contribution in [0.5, 0.6) is 0 Å². The fourth-order valence-corrected chi connectivity index (χ4v) is 3.05. The first-order valence-electron chi connectivity index (χ1n) is 6.38. The first-order chi connectivity index (χ1) is 10.5. The molecule has 0 bridgehead atoms. The molecule has 114 valence electrons. The van der Waals surface area contributed by atoms with Gasteiger partial charge in [-0.1, -0.05) is 23.2 Å². The minimum Gasteiger partial charge on any atom is -0.293 e. The van der Waals surface area contributed by atoms with Crippen LogP contribution in [0.2, 0.25) is 10.0 Å². The molecule has 0 aliphatic carbocycles. The SMILES string of the molecule is O=C(CS(=O)CC(=O)c1ccc(Cl)cc1)c1ccc(Cl)cc1. The van der Waals surface area contributed by atoms with Gasteiger partial charge in [-0.25, -0.2) is 0 Å². The smallest absolute Gasteiger partial charge is 0.175 e. The molecule has 2 aromatic carbocycles. The molecule has 3 nitrogen and oxygen atoms in total. The van der Waals surface area contributed by atoms with Crippen molar-refractivity contribution in [3.05, 3.63) is 69.7 Å². The number of hydrogen-bond acceptors (Lipinski definition) is 3. The van der Waals surface area contributed by atoms with Crippen molar-refractivity contribution in [2.24, 2.45) is 0 Å². The van der Waals surface area contributed by atoms with E-state index in [-0.39, 0.29) is 23.1 Å². The molecule has 0 unspecified atom stereocenters. The number of carbonyl (C=O) groups is 2. The first-order valence-corrected chi connectivity index (χ1v) is 8.62. The van der Waals surface area contributed by atoms with Crippen LogP contribution in [0.15, 0.2) is 48.5 Å². The van der Waals surface area contributed by atoms with Crippen molar-refractivity contribution in [1.29, 1.82) is 0 Å². The van der Waals surface area contributed by atoms with Crippen molar-refractivity contribution in [1.82, 2.24) is 0 Å². The summed E-state index contributed by atoms with van der Waals surface area (Å²) in [6.07, 6.45) is 0. The van der Waals surface area contributed by atoms with Crippen LogP contribution in [-0.2, 0) is 10.8 Å². The molecule has 0 aliphatic rings. The van der Waals surface area contributed by atoms with Gasteiger partial charge in [-0.2, -0.15) is 0 Å². The lowest BCUT2D eigenvalue weighted by molar-refractivity contribution is 0.102. The second-order valence-electron chi connectivity index (χ2n) is 4.59. The number of Topliss-reactive ketones (excluding diaryl/α,β-unsaturated/α-hetero) is 2. The predicted molar refractivity (Wildman–Crippen MR) is 89.4 cm³/mol. The van der Waals surface area contributed by atoms with Gasteiger partial charge in [0.05, 0.1) is 11.5 Å². The molecule has 0 saturated carbocycles. The Hall–Kier alpha value is -1.49. The monoisotopic (exact) mass is 354 g/mol. The molecule has 6 heteroatoms. The van der Waals surface area contributed by atoms with Crippen LogP contribution in [0.3, 0.4) is 0 Å². The summed E-state index contributed by atoms with van der Waals surface area (Å²) in [6.45, 7) is 0. The molecule has 2 rings (SSSR count). The molecule has 22 heavy (non-hydrogen) atoms. The van der Waals surface area contributed by atoms with E-state index in [9.17, 15) is 13.8 Å². The maximum atomic E-state index is 12.0. The van der Waals surface area contributed by atoms with Crippen molar-refractivity contribution in [2.75, 3.05) is 11.5 Å². The lowest BCUT2D eigenvalue weighted by Gasteiger charge is -2.03. The van der Waals surface area contributed by atoms with Gasteiger partial charge in [-0.15, -0.1) is 0 Å². The lowest BCUT2D eigenvalue weighted by atomic mass is 10.1. The molecule has 0 amide bonds. The second kappa shape index (κ2) is 7.68. The highest BCUT2D eigenvalue weighted by Gasteiger charge is 2.15. The van der Waals surface area contributed by atoms with E-state index < -0.39 is 10.8 Å². The Balaban J connectivity index is 1.95. The van der Waals surface area contributed by atoms with Crippen molar-refractivity contribution >= 4 is 45.6 Å². The third kappa shape index (κ3) is 4.77. The van der Waals surface area contributed by atoms with Gasteiger partial charge in [-0.3, -0.25) is 13.8 Å². The summed E-state index contributed by atoms with van der Waals surface area (Å²) in [7, 11) is -1.56. The van der Waals surface area contributed by atoms with Gasteiger partial charge in [0.1, 0.15) is 0 Å². The predicted octanol–water partition coefficient (Wildman–Crippen LogP) is 3.81. The third-order valence-electron chi connectivity index (χ3n) is 2.92. The molecule has 0 saturated heterocycles. The number of carbonyl (C=O) groups excluding carboxylic acids is 2. The van der Waals surface area contributed by atoms with Gasteiger partial charge >= 0.3 is 0 Å². The third-order valence-corrected chi connectivity index (χ3v) is 4.59. The lowest BCUT2D eigenvalue weighted by Crippen LogP contribution is -2.18. The number of rotatable bonds is 6. The fraction of sp³-hybridized carbons (Fsp3) is 0.125.